The third kappa shape index (κ3) is 2.04. The first-order valence-electron chi connectivity index (χ1n) is 3.06. The van der Waals surface area contributed by atoms with E-state index >= 15 is 0 Å². The molecule has 0 saturated carbocycles. The molecule has 0 radical (unpaired) electrons. The molecular weight excluding hydrogens is 188 g/mol. The van der Waals surface area contributed by atoms with Crippen LogP contribution in [0.15, 0.2) is 12.3 Å². The molecule has 0 aliphatic heterocycles. The average Bonchev–Trinajstić information content (AvgIpc) is 1.85. The van der Waals surface area contributed by atoms with Gasteiger partial charge in [-0.1, -0.05) is 11.6 Å². The molecule has 60 valence electrons. The Hall–Kier alpha value is -0.340. The molecule has 1 unspecified atom stereocenters. The van der Waals surface area contributed by atoms with Gasteiger partial charge in [0, 0.05) is 6.20 Å². The van der Waals surface area contributed by atoms with Gasteiger partial charge in [-0.05, 0) is 13.0 Å². The number of pyridine rings is 1. The van der Waals surface area contributed by atoms with Gasteiger partial charge in [0.15, 0.2) is 0 Å². The van der Waals surface area contributed by atoms with E-state index in [-0.39, 0.29) is 10.7 Å². The molecule has 11 heavy (non-hydrogen) atoms. The van der Waals surface area contributed by atoms with Crippen LogP contribution in [0.25, 0.3) is 0 Å². The molecule has 0 N–H and O–H groups in total. The van der Waals surface area contributed by atoms with Crippen LogP contribution in [0.4, 0.5) is 4.39 Å². The molecule has 1 aromatic rings. The van der Waals surface area contributed by atoms with E-state index in [0.29, 0.717) is 0 Å². The van der Waals surface area contributed by atoms with Crippen LogP contribution < -0.4 is 0 Å². The van der Waals surface area contributed by atoms with Crippen molar-refractivity contribution in [2.24, 2.45) is 0 Å². The fourth-order valence-corrected chi connectivity index (χ4v) is 1.02. The lowest BCUT2D eigenvalue weighted by Crippen LogP contribution is -1.94. The Bertz CT molecular complexity index is 263. The summed E-state index contributed by atoms with van der Waals surface area (Å²) in [5.74, 6) is -0.458. The largest absolute Gasteiger partial charge is 0.255 e. The second-order valence-electron chi connectivity index (χ2n) is 2.14. The van der Waals surface area contributed by atoms with Crippen molar-refractivity contribution < 1.29 is 4.39 Å². The molecule has 1 atom stereocenters. The number of alkyl halides is 1. The van der Waals surface area contributed by atoms with Crippen molar-refractivity contribution in [1.82, 2.24) is 4.98 Å². The van der Waals surface area contributed by atoms with E-state index in [1.54, 1.807) is 6.92 Å². The molecule has 0 spiro atoms. The van der Waals surface area contributed by atoms with Crippen LogP contribution in [0.3, 0.4) is 0 Å². The Morgan fingerprint density at radius 2 is 2.27 bits per heavy atom. The lowest BCUT2D eigenvalue weighted by atomic mass is 10.3. The zero-order valence-corrected chi connectivity index (χ0v) is 7.33. The lowest BCUT2D eigenvalue weighted by Gasteiger charge is -2.02. The summed E-state index contributed by atoms with van der Waals surface area (Å²) in [6.07, 6.45) is 1.37. The zero-order valence-electron chi connectivity index (χ0n) is 5.81. The number of hydrogen-bond acceptors (Lipinski definition) is 1. The fraction of sp³-hybridized carbons (Fsp3) is 0.286. The van der Waals surface area contributed by atoms with E-state index < -0.39 is 11.2 Å². The topological polar surface area (TPSA) is 12.9 Å². The second-order valence-corrected chi connectivity index (χ2v) is 3.23. The first kappa shape index (κ1) is 8.75. The van der Waals surface area contributed by atoms with Crippen LogP contribution in [0.5, 0.6) is 0 Å². The summed E-state index contributed by atoms with van der Waals surface area (Å²) in [4.78, 5) is 3.74. The number of halogens is 3. The van der Waals surface area contributed by atoms with Gasteiger partial charge in [0.05, 0.1) is 16.1 Å². The Labute approximate surface area is 74.2 Å². The van der Waals surface area contributed by atoms with Gasteiger partial charge < -0.3 is 0 Å². The number of nitrogens with zero attached hydrogens (tertiary/aromatic N) is 1. The highest BCUT2D eigenvalue weighted by Crippen LogP contribution is 2.21. The average molecular weight is 194 g/mol. The molecule has 0 aliphatic rings. The molecule has 0 aliphatic carbocycles. The van der Waals surface area contributed by atoms with Gasteiger partial charge in [-0.15, -0.1) is 11.6 Å². The molecule has 0 aromatic carbocycles. The maximum Gasteiger partial charge on any atom is 0.147 e. The zero-order chi connectivity index (χ0) is 8.43. The van der Waals surface area contributed by atoms with Crippen molar-refractivity contribution in [3.8, 4) is 0 Å². The molecule has 1 heterocycles. The summed E-state index contributed by atoms with van der Waals surface area (Å²) in [5, 5.41) is -0.143. The van der Waals surface area contributed by atoms with E-state index in [1.165, 1.54) is 12.3 Å². The van der Waals surface area contributed by atoms with Crippen LogP contribution in [0, 0.1) is 5.82 Å². The van der Waals surface area contributed by atoms with Crippen molar-refractivity contribution in [3.05, 3.63) is 28.8 Å². The molecule has 1 rings (SSSR count). The Morgan fingerprint density at radius 1 is 1.64 bits per heavy atom. The van der Waals surface area contributed by atoms with E-state index in [0.717, 1.165) is 0 Å². The minimum atomic E-state index is -0.458. The first-order chi connectivity index (χ1) is 5.11. The quantitative estimate of drug-likeness (QED) is 0.625. The van der Waals surface area contributed by atoms with Gasteiger partial charge in [-0.3, -0.25) is 4.98 Å². The monoisotopic (exact) mass is 193 g/mol. The number of aromatic nitrogens is 1. The summed E-state index contributed by atoms with van der Waals surface area (Å²) < 4.78 is 12.9. The Morgan fingerprint density at radius 3 is 2.73 bits per heavy atom. The second kappa shape index (κ2) is 3.37. The number of hydrogen-bond donors (Lipinski definition) is 0. The van der Waals surface area contributed by atoms with Crippen LogP contribution in [-0.2, 0) is 0 Å². The van der Waals surface area contributed by atoms with Gasteiger partial charge in [-0.2, -0.15) is 0 Å². The molecule has 4 heteroatoms. The fourth-order valence-electron chi connectivity index (χ4n) is 0.718. The van der Waals surface area contributed by atoms with Gasteiger partial charge in [0.1, 0.15) is 5.82 Å². The smallest absolute Gasteiger partial charge is 0.147 e. The Balaban J connectivity index is 3.09. The van der Waals surface area contributed by atoms with E-state index in [9.17, 15) is 4.39 Å². The van der Waals surface area contributed by atoms with Crippen molar-refractivity contribution in [2.45, 2.75) is 12.3 Å². The highest BCUT2D eigenvalue weighted by atomic mass is 35.5. The molecule has 0 amide bonds. The van der Waals surface area contributed by atoms with Crippen molar-refractivity contribution in [3.63, 3.8) is 0 Å². The van der Waals surface area contributed by atoms with Crippen LogP contribution in [-0.4, -0.2) is 4.98 Å². The molecule has 1 nitrogen and oxygen atoms in total. The van der Waals surface area contributed by atoms with Crippen molar-refractivity contribution >= 4 is 23.2 Å². The maximum absolute atomic E-state index is 12.9. The summed E-state index contributed by atoms with van der Waals surface area (Å²) in [5.41, 5.74) is 0.232. The SMILES string of the molecule is CC(Cl)c1ncc(Cl)cc1F. The third-order valence-corrected chi connectivity index (χ3v) is 1.63. The lowest BCUT2D eigenvalue weighted by molar-refractivity contribution is 0.599. The van der Waals surface area contributed by atoms with Crippen molar-refractivity contribution in [1.29, 1.82) is 0 Å². The van der Waals surface area contributed by atoms with Crippen LogP contribution in [0.1, 0.15) is 18.0 Å². The minimum Gasteiger partial charge on any atom is -0.255 e. The highest BCUT2D eigenvalue weighted by molar-refractivity contribution is 6.30. The van der Waals surface area contributed by atoms with E-state index in [4.69, 9.17) is 23.2 Å². The molecular formula is C7H6Cl2FN. The normalized spacial score (nSPS) is 13.1. The van der Waals surface area contributed by atoms with Crippen molar-refractivity contribution in [2.75, 3.05) is 0 Å². The Kier molecular flexibility index (Phi) is 2.68. The summed E-state index contributed by atoms with van der Waals surface area (Å²) in [7, 11) is 0. The standard InChI is InChI=1S/C7H6Cl2FN/c1-4(8)7-6(10)2-5(9)3-11-7/h2-4H,1H3. The first-order valence-corrected chi connectivity index (χ1v) is 3.87. The predicted octanol–water partition coefficient (Wildman–Crippen LogP) is 3.17. The summed E-state index contributed by atoms with van der Waals surface area (Å²) in [6.45, 7) is 1.65. The van der Waals surface area contributed by atoms with Gasteiger partial charge in [0.25, 0.3) is 0 Å². The minimum absolute atomic E-state index is 0.232. The summed E-state index contributed by atoms with van der Waals surface area (Å²) in [6, 6.07) is 1.20. The van der Waals surface area contributed by atoms with Crippen LogP contribution in [0.2, 0.25) is 5.02 Å². The molecule has 0 bridgehead atoms. The van der Waals surface area contributed by atoms with Gasteiger partial charge in [0.2, 0.25) is 0 Å². The van der Waals surface area contributed by atoms with Gasteiger partial charge in [-0.25, -0.2) is 4.39 Å². The molecule has 0 fully saturated rings. The maximum atomic E-state index is 12.9. The van der Waals surface area contributed by atoms with Gasteiger partial charge >= 0.3 is 0 Å². The predicted molar refractivity (Wildman–Crippen MR) is 43.5 cm³/mol. The summed E-state index contributed by atoms with van der Waals surface area (Å²) >= 11 is 11.1. The molecule has 1 aromatic heterocycles. The van der Waals surface area contributed by atoms with E-state index in [1.807, 2.05) is 0 Å². The number of rotatable bonds is 1. The highest BCUT2D eigenvalue weighted by Gasteiger charge is 2.09. The molecule has 0 saturated heterocycles. The van der Waals surface area contributed by atoms with E-state index in [2.05, 4.69) is 4.98 Å². The van der Waals surface area contributed by atoms with Crippen LogP contribution >= 0.6 is 23.2 Å². The third-order valence-electron chi connectivity index (χ3n) is 1.21.